The topological polar surface area (TPSA) is 56.0 Å². The number of hydrogen-bond donors (Lipinski definition) is 1. The van der Waals surface area contributed by atoms with Gasteiger partial charge in [0.05, 0.1) is 10.9 Å². The van der Waals surface area contributed by atoms with Gasteiger partial charge in [0.15, 0.2) is 0 Å². The quantitative estimate of drug-likeness (QED) is 0.791. The third kappa shape index (κ3) is 3.36. The van der Waals surface area contributed by atoms with Gasteiger partial charge in [-0.25, -0.2) is 0 Å². The van der Waals surface area contributed by atoms with Crippen LogP contribution < -0.4 is 10.9 Å². The number of aromatic nitrogens is 2. The lowest BCUT2D eigenvalue weighted by atomic mass is 10.2. The van der Waals surface area contributed by atoms with E-state index in [9.17, 15) is 9.59 Å². The van der Waals surface area contributed by atoms with Gasteiger partial charge in [-0.05, 0) is 37.1 Å². The lowest BCUT2D eigenvalue weighted by Gasteiger charge is -2.09. The third-order valence-corrected chi connectivity index (χ3v) is 4.29. The first-order valence-electron chi connectivity index (χ1n) is 8.43. The van der Waals surface area contributed by atoms with Gasteiger partial charge in [0, 0.05) is 25.5 Å². The van der Waals surface area contributed by atoms with E-state index in [1.54, 1.807) is 28.4 Å². The number of rotatable bonds is 4. The number of nitrogens with zero attached hydrogens (tertiary/aromatic N) is 2. The van der Waals surface area contributed by atoms with Gasteiger partial charge in [0.2, 0.25) is 0 Å². The number of hydrogen-bond acceptors (Lipinski definition) is 2. The Morgan fingerprint density at radius 2 is 1.84 bits per heavy atom. The molecule has 5 heteroatoms. The molecule has 5 nitrogen and oxygen atoms in total. The summed E-state index contributed by atoms with van der Waals surface area (Å²) in [5.74, 6) is 0.153. The van der Waals surface area contributed by atoms with Crippen molar-refractivity contribution in [3.05, 3.63) is 64.2 Å². The standard InChI is InChI=1S/C20H23N3O2/c1-13(2)12-23-10-9-17-16(20(23)25)11-18(22(17)4)19(24)21-15-7-5-14(3)6-8-15/h5-11,13H,12H2,1-4H3,(H,21,24). The molecule has 2 aromatic heterocycles. The molecule has 0 bridgehead atoms. The molecule has 0 fully saturated rings. The minimum atomic E-state index is -0.225. The third-order valence-electron chi connectivity index (χ3n) is 4.29. The van der Waals surface area contributed by atoms with Gasteiger partial charge in [0.1, 0.15) is 5.69 Å². The van der Waals surface area contributed by atoms with Crippen LogP contribution in [-0.4, -0.2) is 15.0 Å². The molecule has 25 heavy (non-hydrogen) atoms. The van der Waals surface area contributed by atoms with Crippen LogP contribution in [0, 0.1) is 12.8 Å². The fourth-order valence-electron chi connectivity index (χ4n) is 2.96. The van der Waals surface area contributed by atoms with Gasteiger partial charge in [-0.1, -0.05) is 31.5 Å². The average molecular weight is 337 g/mol. The Morgan fingerprint density at radius 1 is 1.16 bits per heavy atom. The second kappa shape index (κ2) is 6.59. The van der Waals surface area contributed by atoms with Gasteiger partial charge >= 0.3 is 0 Å². The summed E-state index contributed by atoms with van der Waals surface area (Å²) in [5.41, 5.74) is 3.04. The first-order chi connectivity index (χ1) is 11.9. The minimum absolute atomic E-state index is 0.0591. The van der Waals surface area contributed by atoms with E-state index in [1.807, 2.05) is 37.3 Å². The molecular formula is C20H23N3O2. The summed E-state index contributed by atoms with van der Waals surface area (Å²) in [6, 6.07) is 11.2. The Hall–Kier alpha value is -2.82. The number of carbonyl (C=O) groups excluding carboxylic acids is 1. The van der Waals surface area contributed by atoms with Gasteiger partial charge in [-0.15, -0.1) is 0 Å². The van der Waals surface area contributed by atoms with Crippen molar-refractivity contribution in [1.29, 1.82) is 0 Å². The van der Waals surface area contributed by atoms with Gasteiger partial charge in [-0.3, -0.25) is 9.59 Å². The predicted octanol–water partition coefficient (Wildman–Crippen LogP) is 3.56. The molecular weight excluding hydrogens is 314 g/mol. The summed E-state index contributed by atoms with van der Waals surface area (Å²) >= 11 is 0. The van der Waals surface area contributed by atoms with Crippen LogP contribution in [0.15, 0.2) is 47.4 Å². The molecule has 0 atom stereocenters. The smallest absolute Gasteiger partial charge is 0.272 e. The summed E-state index contributed by atoms with van der Waals surface area (Å²) in [4.78, 5) is 25.3. The fraction of sp³-hybridized carbons (Fsp3) is 0.300. The fourth-order valence-corrected chi connectivity index (χ4v) is 2.96. The lowest BCUT2D eigenvalue weighted by Crippen LogP contribution is -2.21. The molecule has 0 saturated heterocycles. The zero-order valence-electron chi connectivity index (χ0n) is 15.0. The summed E-state index contributed by atoms with van der Waals surface area (Å²) < 4.78 is 3.47. The normalized spacial score (nSPS) is 11.2. The van der Waals surface area contributed by atoms with E-state index >= 15 is 0 Å². The van der Waals surface area contributed by atoms with Crippen LogP contribution in [0.2, 0.25) is 0 Å². The maximum Gasteiger partial charge on any atom is 0.272 e. The van der Waals surface area contributed by atoms with Crippen molar-refractivity contribution >= 4 is 22.5 Å². The van der Waals surface area contributed by atoms with E-state index in [1.165, 1.54) is 0 Å². The maximum absolute atomic E-state index is 12.7. The zero-order valence-corrected chi connectivity index (χ0v) is 15.0. The van der Waals surface area contributed by atoms with Crippen molar-refractivity contribution in [3.63, 3.8) is 0 Å². The average Bonchev–Trinajstić information content (AvgIpc) is 2.90. The van der Waals surface area contributed by atoms with Crippen LogP contribution in [0.3, 0.4) is 0 Å². The lowest BCUT2D eigenvalue weighted by molar-refractivity contribution is 0.102. The highest BCUT2D eigenvalue weighted by Gasteiger charge is 2.16. The van der Waals surface area contributed by atoms with Crippen molar-refractivity contribution in [2.24, 2.45) is 13.0 Å². The Kier molecular flexibility index (Phi) is 4.49. The van der Waals surface area contributed by atoms with Crippen molar-refractivity contribution < 1.29 is 4.79 Å². The SMILES string of the molecule is Cc1ccc(NC(=O)c2cc3c(=O)n(CC(C)C)ccc3n2C)cc1. The van der Waals surface area contributed by atoms with Crippen LogP contribution >= 0.6 is 0 Å². The van der Waals surface area contributed by atoms with Crippen molar-refractivity contribution in [3.8, 4) is 0 Å². The van der Waals surface area contributed by atoms with Gasteiger partial charge in [0.25, 0.3) is 11.5 Å². The molecule has 1 N–H and O–H groups in total. The predicted molar refractivity (Wildman–Crippen MR) is 101 cm³/mol. The van der Waals surface area contributed by atoms with Crippen molar-refractivity contribution in [1.82, 2.24) is 9.13 Å². The van der Waals surface area contributed by atoms with Crippen molar-refractivity contribution in [2.45, 2.75) is 27.3 Å². The Labute approximate surface area is 146 Å². The van der Waals surface area contributed by atoms with Crippen LogP contribution in [-0.2, 0) is 13.6 Å². The van der Waals surface area contributed by atoms with Crippen molar-refractivity contribution in [2.75, 3.05) is 5.32 Å². The highest BCUT2D eigenvalue weighted by atomic mass is 16.2. The number of anilines is 1. The van der Waals surface area contributed by atoms with E-state index in [-0.39, 0.29) is 11.5 Å². The molecule has 130 valence electrons. The molecule has 0 unspecified atom stereocenters. The molecule has 0 aliphatic heterocycles. The first-order valence-corrected chi connectivity index (χ1v) is 8.43. The molecule has 0 saturated carbocycles. The number of pyridine rings is 1. The highest BCUT2D eigenvalue weighted by Crippen LogP contribution is 2.17. The molecule has 1 aromatic carbocycles. The Morgan fingerprint density at radius 3 is 2.48 bits per heavy atom. The Balaban J connectivity index is 1.97. The largest absolute Gasteiger partial charge is 0.339 e. The monoisotopic (exact) mass is 337 g/mol. The van der Waals surface area contributed by atoms with Crippen LogP contribution in [0.1, 0.15) is 29.9 Å². The highest BCUT2D eigenvalue weighted by molar-refractivity contribution is 6.06. The summed E-state index contributed by atoms with van der Waals surface area (Å²) in [5, 5.41) is 3.45. The zero-order chi connectivity index (χ0) is 18.1. The summed E-state index contributed by atoms with van der Waals surface area (Å²) in [6.07, 6.45) is 1.80. The summed E-state index contributed by atoms with van der Waals surface area (Å²) in [6.45, 7) is 6.80. The van der Waals surface area contributed by atoms with E-state index in [0.717, 1.165) is 16.8 Å². The molecule has 1 amide bonds. The number of amides is 1. The van der Waals surface area contributed by atoms with Gasteiger partial charge < -0.3 is 14.5 Å². The molecule has 3 aromatic rings. The molecule has 0 aliphatic rings. The minimum Gasteiger partial charge on any atom is -0.339 e. The molecule has 3 rings (SSSR count). The molecule has 0 aliphatic carbocycles. The van der Waals surface area contributed by atoms with Crippen LogP contribution in [0.5, 0.6) is 0 Å². The number of nitrogens with one attached hydrogen (secondary N) is 1. The second-order valence-corrected chi connectivity index (χ2v) is 6.87. The second-order valence-electron chi connectivity index (χ2n) is 6.87. The van der Waals surface area contributed by atoms with Crippen LogP contribution in [0.4, 0.5) is 5.69 Å². The number of fused-ring (bicyclic) bond motifs is 1. The van der Waals surface area contributed by atoms with E-state index < -0.39 is 0 Å². The Bertz CT molecular complexity index is 979. The van der Waals surface area contributed by atoms with Gasteiger partial charge in [-0.2, -0.15) is 0 Å². The van der Waals surface area contributed by atoms with Crippen LogP contribution in [0.25, 0.3) is 10.9 Å². The first kappa shape index (κ1) is 17.0. The molecule has 2 heterocycles. The molecule has 0 radical (unpaired) electrons. The summed E-state index contributed by atoms with van der Waals surface area (Å²) in [7, 11) is 1.80. The molecule has 0 spiro atoms. The van der Waals surface area contributed by atoms with E-state index in [2.05, 4.69) is 19.2 Å². The number of carbonyl (C=O) groups is 1. The number of benzene rings is 1. The number of aryl methyl sites for hydroxylation is 2. The van der Waals surface area contributed by atoms with E-state index in [4.69, 9.17) is 0 Å². The maximum atomic E-state index is 12.7. The van der Waals surface area contributed by atoms with E-state index in [0.29, 0.717) is 23.5 Å².